The Balaban J connectivity index is 2.04. The molecule has 0 radical (unpaired) electrons. The SMILES string of the molecule is C[C@@H](NC(=O)C1=CN(C)C=C(C=O)C1)c1ccccc1. The smallest absolute Gasteiger partial charge is 0.249 e. The number of carbonyl (C=O) groups excluding carboxylic acids is 2. The third-order valence-corrected chi connectivity index (χ3v) is 3.21. The van der Waals surface area contributed by atoms with Crippen LogP contribution in [-0.4, -0.2) is 24.1 Å². The van der Waals surface area contributed by atoms with E-state index in [1.165, 1.54) is 0 Å². The monoisotopic (exact) mass is 270 g/mol. The minimum absolute atomic E-state index is 0.0690. The first-order valence-corrected chi connectivity index (χ1v) is 6.54. The molecule has 0 fully saturated rings. The first-order chi connectivity index (χ1) is 9.60. The second-order valence-electron chi connectivity index (χ2n) is 4.92. The Morgan fingerprint density at radius 2 is 2.00 bits per heavy atom. The highest BCUT2D eigenvalue weighted by molar-refractivity contribution is 5.95. The van der Waals surface area contributed by atoms with Crippen LogP contribution in [0.4, 0.5) is 0 Å². The van der Waals surface area contributed by atoms with Crippen LogP contribution in [-0.2, 0) is 9.59 Å². The van der Waals surface area contributed by atoms with Gasteiger partial charge in [0, 0.05) is 37.0 Å². The van der Waals surface area contributed by atoms with Crippen molar-refractivity contribution >= 4 is 12.2 Å². The van der Waals surface area contributed by atoms with Crippen LogP contribution < -0.4 is 5.32 Å². The predicted molar refractivity (Wildman–Crippen MR) is 77.6 cm³/mol. The molecule has 0 spiro atoms. The van der Waals surface area contributed by atoms with E-state index in [-0.39, 0.29) is 11.9 Å². The summed E-state index contributed by atoms with van der Waals surface area (Å²) in [4.78, 5) is 24.8. The number of amides is 1. The quantitative estimate of drug-likeness (QED) is 0.853. The van der Waals surface area contributed by atoms with Crippen molar-refractivity contribution in [1.29, 1.82) is 0 Å². The van der Waals surface area contributed by atoms with Crippen molar-refractivity contribution in [2.75, 3.05) is 7.05 Å². The molecule has 104 valence electrons. The molecule has 1 heterocycles. The van der Waals surface area contributed by atoms with Crippen molar-refractivity contribution in [3.05, 3.63) is 59.4 Å². The summed E-state index contributed by atoms with van der Waals surface area (Å²) in [6.07, 6.45) is 4.64. The number of aldehydes is 1. The van der Waals surface area contributed by atoms with Crippen LogP contribution in [0, 0.1) is 0 Å². The van der Waals surface area contributed by atoms with Crippen LogP contribution in [0.1, 0.15) is 24.9 Å². The lowest BCUT2D eigenvalue weighted by Gasteiger charge is -2.21. The molecule has 1 aromatic carbocycles. The average molecular weight is 270 g/mol. The molecule has 4 nitrogen and oxygen atoms in total. The highest BCUT2D eigenvalue weighted by Gasteiger charge is 2.18. The van der Waals surface area contributed by atoms with Crippen molar-refractivity contribution in [2.24, 2.45) is 0 Å². The van der Waals surface area contributed by atoms with Crippen LogP contribution >= 0.6 is 0 Å². The maximum Gasteiger partial charge on any atom is 0.249 e. The lowest BCUT2D eigenvalue weighted by molar-refractivity contribution is -0.118. The van der Waals surface area contributed by atoms with E-state index < -0.39 is 0 Å². The molecule has 0 saturated carbocycles. The molecule has 1 aliphatic heterocycles. The van der Waals surface area contributed by atoms with Gasteiger partial charge in [0.05, 0.1) is 6.04 Å². The highest BCUT2D eigenvalue weighted by atomic mass is 16.1. The number of carbonyl (C=O) groups is 2. The summed E-state index contributed by atoms with van der Waals surface area (Å²) >= 11 is 0. The largest absolute Gasteiger partial charge is 0.356 e. The second-order valence-corrected chi connectivity index (χ2v) is 4.92. The van der Waals surface area contributed by atoms with Gasteiger partial charge < -0.3 is 10.2 Å². The number of nitrogens with zero attached hydrogens (tertiary/aromatic N) is 1. The van der Waals surface area contributed by atoms with Crippen LogP contribution in [0.25, 0.3) is 0 Å². The number of rotatable bonds is 4. The van der Waals surface area contributed by atoms with Gasteiger partial charge in [-0.05, 0) is 12.5 Å². The topological polar surface area (TPSA) is 49.4 Å². The Kier molecular flexibility index (Phi) is 4.35. The Labute approximate surface area is 118 Å². The first kappa shape index (κ1) is 14.1. The van der Waals surface area contributed by atoms with Gasteiger partial charge in [-0.1, -0.05) is 30.3 Å². The minimum atomic E-state index is -0.138. The van der Waals surface area contributed by atoms with Gasteiger partial charge in [-0.15, -0.1) is 0 Å². The van der Waals surface area contributed by atoms with Gasteiger partial charge in [-0.2, -0.15) is 0 Å². The van der Waals surface area contributed by atoms with Crippen LogP contribution in [0.15, 0.2) is 53.9 Å². The zero-order chi connectivity index (χ0) is 14.5. The number of benzene rings is 1. The fourth-order valence-corrected chi connectivity index (χ4v) is 2.18. The zero-order valence-electron chi connectivity index (χ0n) is 11.7. The van der Waals surface area contributed by atoms with Crippen LogP contribution in [0.5, 0.6) is 0 Å². The zero-order valence-corrected chi connectivity index (χ0v) is 11.7. The van der Waals surface area contributed by atoms with Crippen molar-refractivity contribution < 1.29 is 9.59 Å². The maximum absolute atomic E-state index is 12.2. The third-order valence-electron chi connectivity index (χ3n) is 3.21. The summed E-state index contributed by atoms with van der Waals surface area (Å²) in [6, 6.07) is 9.71. The second kappa shape index (κ2) is 6.19. The molecule has 1 aromatic rings. The van der Waals surface area contributed by atoms with E-state index in [9.17, 15) is 9.59 Å². The normalized spacial score (nSPS) is 16.0. The van der Waals surface area contributed by atoms with Crippen LogP contribution in [0.3, 0.4) is 0 Å². The summed E-state index contributed by atoms with van der Waals surface area (Å²) in [5.74, 6) is -0.138. The van der Waals surface area contributed by atoms with Gasteiger partial charge in [0.25, 0.3) is 0 Å². The molecular weight excluding hydrogens is 252 g/mol. The van der Waals surface area contributed by atoms with Gasteiger partial charge >= 0.3 is 0 Å². The molecule has 0 aliphatic carbocycles. The van der Waals surface area contributed by atoms with Gasteiger partial charge in [0.15, 0.2) is 0 Å². The van der Waals surface area contributed by atoms with Gasteiger partial charge in [0.2, 0.25) is 5.91 Å². The van der Waals surface area contributed by atoms with Crippen LogP contribution in [0.2, 0.25) is 0 Å². The highest BCUT2D eigenvalue weighted by Crippen LogP contribution is 2.18. The summed E-state index contributed by atoms with van der Waals surface area (Å²) in [7, 11) is 1.80. The number of hydrogen-bond acceptors (Lipinski definition) is 3. The van der Waals surface area contributed by atoms with E-state index in [2.05, 4.69) is 5.32 Å². The fourth-order valence-electron chi connectivity index (χ4n) is 2.18. The van der Waals surface area contributed by atoms with Crippen molar-refractivity contribution in [2.45, 2.75) is 19.4 Å². The molecule has 0 aromatic heterocycles. The minimum Gasteiger partial charge on any atom is -0.356 e. The maximum atomic E-state index is 12.2. The summed E-state index contributed by atoms with van der Waals surface area (Å²) in [5.41, 5.74) is 2.25. The van der Waals surface area contributed by atoms with E-state index in [0.29, 0.717) is 17.6 Å². The molecule has 1 N–H and O–H groups in total. The molecule has 1 amide bonds. The lowest BCUT2D eigenvalue weighted by atomic mass is 10.0. The Morgan fingerprint density at radius 3 is 2.65 bits per heavy atom. The standard InChI is InChI=1S/C16H18N2O2/c1-12(14-6-4-3-5-7-14)17-16(20)15-8-13(11-19)9-18(2)10-15/h3-7,9-12H,8H2,1-2H3,(H,17,20)/t12-/m1/s1. The fraction of sp³-hybridized carbons (Fsp3) is 0.250. The summed E-state index contributed by atoms with van der Waals surface area (Å²) < 4.78 is 0. The molecule has 1 atom stereocenters. The first-order valence-electron chi connectivity index (χ1n) is 6.54. The molecule has 2 rings (SSSR count). The van der Waals surface area contributed by atoms with Gasteiger partial charge in [0.1, 0.15) is 6.29 Å². The Hall–Kier alpha value is -2.36. The number of hydrogen-bond donors (Lipinski definition) is 1. The number of nitrogens with one attached hydrogen (secondary N) is 1. The van der Waals surface area contributed by atoms with E-state index in [4.69, 9.17) is 0 Å². The van der Waals surface area contributed by atoms with E-state index in [0.717, 1.165) is 11.8 Å². The van der Waals surface area contributed by atoms with Gasteiger partial charge in [-0.3, -0.25) is 9.59 Å². The summed E-state index contributed by atoms with van der Waals surface area (Å²) in [6.45, 7) is 1.94. The van der Waals surface area contributed by atoms with Crippen molar-refractivity contribution in [1.82, 2.24) is 10.2 Å². The molecule has 4 heteroatoms. The third kappa shape index (κ3) is 3.35. The molecule has 0 saturated heterocycles. The molecule has 1 aliphatic rings. The van der Waals surface area contributed by atoms with E-state index in [1.54, 1.807) is 24.3 Å². The van der Waals surface area contributed by atoms with E-state index >= 15 is 0 Å². The average Bonchev–Trinajstić information content (AvgIpc) is 2.47. The predicted octanol–water partition coefficient (Wildman–Crippen LogP) is 2.17. The van der Waals surface area contributed by atoms with E-state index in [1.807, 2.05) is 37.3 Å². The summed E-state index contributed by atoms with van der Waals surface area (Å²) in [5, 5.41) is 2.95. The van der Waals surface area contributed by atoms with Gasteiger partial charge in [-0.25, -0.2) is 0 Å². The lowest BCUT2D eigenvalue weighted by Crippen LogP contribution is -2.30. The number of allylic oxidation sites excluding steroid dienone is 1. The molecular formula is C16H18N2O2. The van der Waals surface area contributed by atoms with Crippen molar-refractivity contribution in [3.8, 4) is 0 Å². The Morgan fingerprint density at radius 1 is 1.30 bits per heavy atom. The molecule has 20 heavy (non-hydrogen) atoms. The van der Waals surface area contributed by atoms with Crippen molar-refractivity contribution in [3.63, 3.8) is 0 Å². The molecule has 0 unspecified atom stereocenters. The Bertz CT molecular complexity index is 561. The molecule has 0 bridgehead atoms.